The third-order valence-corrected chi connectivity index (χ3v) is 8.42. The lowest BCUT2D eigenvalue weighted by atomic mass is 9.75. The van der Waals surface area contributed by atoms with Gasteiger partial charge in [0, 0.05) is 29.7 Å². The molecular weight excluding hydrogens is 515 g/mol. The van der Waals surface area contributed by atoms with Crippen LogP contribution in [0.1, 0.15) is 62.0 Å². The minimum atomic E-state index is -1.08. The van der Waals surface area contributed by atoms with Crippen LogP contribution in [0.2, 0.25) is 0 Å². The van der Waals surface area contributed by atoms with Crippen molar-refractivity contribution in [1.82, 2.24) is 0 Å². The van der Waals surface area contributed by atoms with Gasteiger partial charge in [0.05, 0.1) is 17.2 Å². The third kappa shape index (κ3) is 5.13. The SMILES string of the molecule is Cc1cc([C@H](C)Oc2ccccc2-c2ccc3c(c2)C=NOB3O)c2oc(N3CCC(C)(C)CC3)c(C)c(=O)c2c1. The van der Waals surface area contributed by atoms with Gasteiger partial charge in [0.1, 0.15) is 17.4 Å². The van der Waals surface area contributed by atoms with Crippen LogP contribution in [-0.4, -0.2) is 31.4 Å². The number of hydrogen-bond acceptors (Lipinski definition) is 7. The molecule has 0 radical (unpaired) electrons. The highest BCUT2D eigenvalue weighted by Gasteiger charge is 2.29. The summed E-state index contributed by atoms with van der Waals surface area (Å²) in [5, 5.41) is 14.5. The van der Waals surface area contributed by atoms with Gasteiger partial charge in [0.25, 0.3) is 0 Å². The molecule has 0 amide bonds. The predicted molar refractivity (Wildman–Crippen MR) is 164 cm³/mol. The molecule has 4 aromatic rings. The van der Waals surface area contributed by atoms with Crippen LogP contribution in [0.3, 0.4) is 0 Å². The molecule has 1 fully saturated rings. The third-order valence-electron chi connectivity index (χ3n) is 8.42. The molecule has 0 bridgehead atoms. The van der Waals surface area contributed by atoms with Gasteiger partial charge >= 0.3 is 7.12 Å². The molecule has 1 aromatic heterocycles. The van der Waals surface area contributed by atoms with E-state index in [0.29, 0.717) is 33.6 Å². The van der Waals surface area contributed by atoms with Crippen LogP contribution in [0.5, 0.6) is 5.75 Å². The number of ether oxygens (including phenoxy) is 1. The lowest BCUT2D eigenvalue weighted by Crippen LogP contribution is -2.38. The summed E-state index contributed by atoms with van der Waals surface area (Å²) in [4.78, 5) is 15.8. The van der Waals surface area contributed by atoms with E-state index in [9.17, 15) is 9.82 Å². The molecule has 6 rings (SSSR count). The van der Waals surface area contributed by atoms with Gasteiger partial charge < -0.3 is 23.8 Å². The van der Waals surface area contributed by atoms with Crippen molar-refractivity contribution >= 4 is 35.6 Å². The van der Waals surface area contributed by atoms with Crippen LogP contribution in [0.15, 0.2) is 69.0 Å². The second kappa shape index (κ2) is 10.4. The Morgan fingerprint density at radius 2 is 1.83 bits per heavy atom. The van der Waals surface area contributed by atoms with Crippen molar-refractivity contribution in [2.45, 2.75) is 53.6 Å². The summed E-state index contributed by atoms with van der Waals surface area (Å²) in [6.07, 6.45) is 3.30. The summed E-state index contributed by atoms with van der Waals surface area (Å²) in [5.74, 6) is 1.37. The zero-order chi connectivity index (χ0) is 28.9. The van der Waals surface area contributed by atoms with Crippen LogP contribution < -0.4 is 20.5 Å². The van der Waals surface area contributed by atoms with Gasteiger partial charge in [-0.3, -0.25) is 4.79 Å². The van der Waals surface area contributed by atoms with E-state index in [2.05, 4.69) is 23.9 Å². The topological polar surface area (TPSA) is 84.5 Å². The van der Waals surface area contributed by atoms with E-state index in [1.807, 2.05) is 75.4 Å². The number of hydrogen-bond donors (Lipinski definition) is 1. The zero-order valence-corrected chi connectivity index (χ0v) is 24.2. The molecule has 0 aliphatic carbocycles. The van der Waals surface area contributed by atoms with Gasteiger partial charge in [-0.25, -0.2) is 0 Å². The second-order valence-corrected chi connectivity index (χ2v) is 12.0. The molecule has 3 heterocycles. The number of nitrogens with zero attached hydrogens (tertiary/aromatic N) is 2. The normalized spacial score (nSPS) is 16.8. The second-order valence-electron chi connectivity index (χ2n) is 12.0. The summed E-state index contributed by atoms with van der Waals surface area (Å²) < 4.78 is 18.2. The van der Waals surface area contributed by atoms with E-state index in [1.165, 1.54) is 0 Å². The molecule has 0 spiro atoms. The Bertz CT molecular complexity index is 1720. The summed E-state index contributed by atoms with van der Waals surface area (Å²) >= 11 is 0. The Morgan fingerprint density at radius 1 is 1.07 bits per heavy atom. The van der Waals surface area contributed by atoms with E-state index in [-0.39, 0.29) is 10.8 Å². The Kier molecular flexibility index (Phi) is 6.90. The fourth-order valence-corrected chi connectivity index (χ4v) is 5.82. The fraction of sp³-hybridized carbons (Fsp3) is 0.333. The molecule has 0 unspecified atom stereocenters. The monoisotopic (exact) mass is 550 g/mol. The summed E-state index contributed by atoms with van der Waals surface area (Å²) in [5.41, 5.74) is 6.63. The Hall–Kier alpha value is -4.04. The van der Waals surface area contributed by atoms with Crippen molar-refractivity contribution < 1.29 is 18.9 Å². The number of fused-ring (bicyclic) bond motifs is 2. The van der Waals surface area contributed by atoms with E-state index < -0.39 is 13.2 Å². The number of aryl methyl sites for hydroxylation is 1. The average Bonchev–Trinajstić information content (AvgIpc) is 2.95. The molecule has 2 aliphatic heterocycles. The van der Waals surface area contributed by atoms with Crippen molar-refractivity contribution in [3.8, 4) is 16.9 Å². The molecule has 1 saturated heterocycles. The molecule has 0 saturated carbocycles. The predicted octanol–water partition coefficient (Wildman–Crippen LogP) is 5.89. The van der Waals surface area contributed by atoms with Gasteiger partial charge in [0.2, 0.25) is 5.88 Å². The number of benzene rings is 3. The molecule has 3 aromatic carbocycles. The lowest BCUT2D eigenvalue weighted by molar-refractivity contribution is 0.228. The maximum atomic E-state index is 13.6. The van der Waals surface area contributed by atoms with Gasteiger partial charge in [-0.05, 0) is 80.0 Å². The molecular formula is C33H35BN2O5. The van der Waals surface area contributed by atoms with E-state index in [0.717, 1.165) is 53.7 Å². The van der Waals surface area contributed by atoms with Crippen molar-refractivity contribution in [3.05, 3.63) is 87.1 Å². The first kappa shape index (κ1) is 27.2. The zero-order valence-electron chi connectivity index (χ0n) is 24.2. The number of rotatable bonds is 5. The van der Waals surface area contributed by atoms with Crippen LogP contribution in [0, 0.1) is 19.3 Å². The van der Waals surface area contributed by atoms with E-state index >= 15 is 0 Å². The van der Waals surface area contributed by atoms with Gasteiger partial charge in [-0.15, -0.1) is 5.16 Å². The summed E-state index contributed by atoms with van der Waals surface area (Å²) in [6.45, 7) is 12.1. The van der Waals surface area contributed by atoms with Crippen LogP contribution >= 0.6 is 0 Å². The van der Waals surface area contributed by atoms with Crippen molar-refractivity contribution in [1.29, 1.82) is 0 Å². The molecule has 8 heteroatoms. The molecule has 1 N–H and O–H groups in total. The van der Waals surface area contributed by atoms with Crippen molar-refractivity contribution in [3.63, 3.8) is 0 Å². The molecule has 7 nitrogen and oxygen atoms in total. The molecule has 2 aliphatic rings. The standard InChI is InChI=1S/C33H35BN2O5/c1-20-16-26(31-27(17-20)30(37)21(2)32(40-31)36-14-12-33(4,5)13-15-36)22(3)39-29-9-7-6-8-25(29)23-10-11-28-24(18-23)19-35-41-34(28)38/h6-11,16-19,22,38H,12-15H2,1-5H3/t22-/m0/s1. The Labute approximate surface area is 240 Å². The number of anilines is 1. The fourth-order valence-electron chi connectivity index (χ4n) is 5.82. The largest absolute Gasteiger partial charge is 0.583 e. The van der Waals surface area contributed by atoms with Gasteiger partial charge in [0.15, 0.2) is 5.43 Å². The number of para-hydroxylation sites is 1. The van der Waals surface area contributed by atoms with Crippen LogP contribution in [-0.2, 0) is 4.76 Å². The Balaban J connectivity index is 1.38. The van der Waals surface area contributed by atoms with Crippen molar-refractivity contribution in [2.24, 2.45) is 10.6 Å². The summed E-state index contributed by atoms with van der Waals surface area (Å²) in [6, 6.07) is 17.6. The van der Waals surface area contributed by atoms with Crippen LogP contribution in [0.25, 0.3) is 22.1 Å². The molecule has 210 valence electrons. The van der Waals surface area contributed by atoms with Gasteiger partial charge in [-0.1, -0.05) is 44.2 Å². The first-order chi connectivity index (χ1) is 19.6. The van der Waals surface area contributed by atoms with Crippen LogP contribution in [0.4, 0.5) is 5.88 Å². The highest BCUT2D eigenvalue weighted by Crippen LogP contribution is 2.38. The van der Waals surface area contributed by atoms with E-state index in [4.69, 9.17) is 13.9 Å². The quantitative estimate of drug-likeness (QED) is 0.312. The number of oxime groups is 1. The first-order valence-electron chi connectivity index (χ1n) is 14.2. The summed E-state index contributed by atoms with van der Waals surface area (Å²) in [7, 11) is -1.08. The first-order valence-corrected chi connectivity index (χ1v) is 14.2. The lowest BCUT2D eigenvalue weighted by Gasteiger charge is -2.37. The maximum absolute atomic E-state index is 13.6. The molecule has 41 heavy (non-hydrogen) atoms. The van der Waals surface area contributed by atoms with E-state index in [1.54, 1.807) is 6.21 Å². The number of piperidine rings is 1. The average molecular weight is 550 g/mol. The molecule has 1 atom stereocenters. The van der Waals surface area contributed by atoms with Crippen molar-refractivity contribution in [2.75, 3.05) is 18.0 Å². The smallest absolute Gasteiger partial charge is 0.485 e. The highest BCUT2D eigenvalue weighted by atomic mass is 16.6. The highest BCUT2D eigenvalue weighted by molar-refractivity contribution is 6.62. The minimum Gasteiger partial charge on any atom is -0.485 e. The Morgan fingerprint density at radius 3 is 2.61 bits per heavy atom. The maximum Gasteiger partial charge on any atom is 0.583 e. The van der Waals surface area contributed by atoms with Gasteiger partial charge in [-0.2, -0.15) is 0 Å². The minimum absolute atomic E-state index is 0.00512.